The van der Waals surface area contributed by atoms with Gasteiger partial charge in [0.2, 0.25) is 5.95 Å². The average Bonchev–Trinajstić information content (AvgIpc) is 3.53. The lowest BCUT2D eigenvalue weighted by Crippen LogP contribution is -2.03. The van der Waals surface area contributed by atoms with E-state index in [1.54, 1.807) is 0 Å². The Morgan fingerprint density at radius 1 is 0.327 bits per heavy atom. The molecule has 0 bridgehead atoms. The number of rotatable bonds is 4. The second-order valence-corrected chi connectivity index (χ2v) is 12.6. The Morgan fingerprint density at radius 2 is 0.776 bits per heavy atom. The number of para-hydroxylation sites is 1. The highest BCUT2D eigenvalue weighted by atomic mass is 15.2. The minimum atomic E-state index is 0.667. The molecule has 3 nitrogen and oxygen atoms in total. The summed E-state index contributed by atoms with van der Waals surface area (Å²) in [4.78, 5) is 10.6. The van der Waals surface area contributed by atoms with Crippen molar-refractivity contribution in [1.82, 2.24) is 14.5 Å². The molecule has 0 fully saturated rings. The summed E-state index contributed by atoms with van der Waals surface area (Å²) < 4.78 is 2.25. The first-order chi connectivity index (χ1) is 24.3. The Bertz CT molecular complexity index is 2760. The normalized spacial score (nSPS) is 11.7. The maximum absolute atomic E-state index is 5.37. The van der Waals surface area contributed by atoms with Crippen LogP contribution in [0.5, 0.6) is 0 Å². The maximum atomic E-state index is 5.37. The second-order valence-electron chi connectivity index (χ2n) is 12.6. The van der Waals surface area contributed by atoms with Gasteiger partial charge in [-0.3, -0.25) is 4.57 Å². The minimum Gasteiger partial charge on any atom is -0.278 e. The summed E-state index contributed by atoms with van der Waals surface area (Å²) in [5.74, 6) is 0.667. The molecule has 0 atom stereocenters. The quantitative estimate of drug-likeness (QED) is 0.195. The Kier molecular flexibility index (Phi) is 6.18. The Hall–Kier alpha value is -6.58. The van der Waals surface area contributed by atoms with Crippen molar-refractivity contribution in [2.75, 3.05) is 0 Å². The van der Waals surface area contributed by atoms with Gasteiger partial charge in [-0.2, -0.15) is 0 Å². The second kappa shape index (κ2) is 11.0. The molecule has 0 saturated heterocycles. The highest BCUT2D eigenvalue weighted by Gasteiger charge is 2.20. The molecule has 0 spiro atoms. The van der Waals surface area contributed by atoms with E-state index in [9.17, 15) is 0 Å². The van der Waals surface area contributed by atoms with Gasteiger partial charge < -0.3 is 0 Å². The van der Waals surface area contributed by atoms with E-state index in [-0.39, 0.29) is 0 Å². The molecular weight excluding hydrogens is 595 g/mol. The van der Waals surface area contributed by atoms with E-state index in [2.05, 4.69) is 180 Å². The van der Waals surface area contributed by atoms with Crippen molar-refractivity contribution in [3.63, 3.8) is 0 Å². The van der Waals surface area contributed by atoms with E-state index in [0.717, 1.165) is 33.2 Å². The van der Waals surface area contributed by atoms with Crippen LogP contribution < -0.4 is 0 Å². The number of nitrogens with zero attached hydrogens (tertiary/aromatic N) is 3. The van der Waals surface area contributed by atoms with Crippen molar-refractivity contribution < 1.29 is 0 Å². The van der Waals surface area contributed by atoms with E-state index in [1.807, 2.05) is 0 Å². The molecule has 2 heterocycles. The van der Waals surface area contributed by atoms with Gasteiger partial charge in [0.15, 0.2) is 0 Å². The van der Waals surface area contributed by atoms with Crippen LogP contribution in [-0.4, -0.2) is 14.5 Å². The van der Waals surface area contributed by atoms with Crippen molar-refractivity contribution in [3.05, 3.63) is 176 Å². The van der Waals surface area contributed by atoms with Gasteiger partial charge in [0.1, 0.15) is 0 Å². The summed E-state index contributed by atoms with van der Waals surface area (Å²) in [6.45, 7) is 0. The highest BCUT2D eigenvalue weighted by Crippen LogP contribution is 2.40. The molecule has 3 heteroatoms. The standard InChI is InChI=1S/C46H29N3/c1-2-10-30(11-3-1)31-18-20-32(21-19-31)33-22-24-36(25-23-33)45-39-16-8-9-17-40(39)47-46(48-45)49-41-28-26-34-12-4-6-14-37(34)43(41)44-38-15-7-5-13-35(38)27-29-42(44)49/h1-29H. The van der Waals surface area contributed by atoms with Crippen LogP contribution in [0.25, 0.3) is 93.7 Å². The van der Waals surface area contributed by atoms with E-state index >= 15 is 0 Å². The fraction of sp³-hybridized carbons (Fsp3) is 0. The van der Waals surface area contributed by atoms with E-state index in [4.69, 9.17) is 9.97 Å². The fourth-order valence-corrected chi connectivity index (χ4v) is 7.45. The SMILES string of the molecule is c1ccc(-c2ccc(-c3ccc(-c4nc(-n5c6ccc7ccccc7c6c6c7ccccc7ccc65)nc5ccccc45)cc3)cc2)cc1. The van der Waals surface area contributed by atoms with Crippen molar-refractivity contribution in [2.45, 2.75) is 0 Å². The third-order valence-electron chi connectivity index (χ3n) is 9.82. The molecule has 8 aromatic carbocycles. The molecule has 0 radical (unpaired) electrons. The predicted octanol–water partition coefficient (Wildman–Crippen LogP) is 12.0. The number of aromatic nitrogens is 3. The summed E-state index contributed by atoms with van der Waals surface area (Å²) >= 11 is 0. The van der Waals surface area contributed by atoms with Crippen molar-refractivity contribution in [3.8, 4) is 39.5 Å². The van der Waals surface area contributed by atoms with Crippen molar-refractivity contribution in [2.24, 2.45) is 0 Å². The van der Waals surface area contributed by atoms with Crippen molar-refractivity contribution in [1.29, 1.82) is 0 Å². The van der Waals surface area contributed by atoms with Crippen molar-refractivity contribution >= 4 is 54.3 Å². The van der Waals surface area contributed by atoms with Crippen LogP contribution in [0.2, 0.25) is 0 Å². The van der Waals surface area contributed by atoms with Crippen LogP contribution in [0.4, 0.5) is 0 Å². The molecule has 228 valence electrons. The summed E-state index contributed by atoms with van der Waals surface area (Å²) in [5, 5.41) is 8.38. The zero-order chi connectivity index (χ0) is 32.3. The first-order valence-electron chi connectivity index (χ1n) is 16.7. The minimum absolute atomic E-state index is 0.667. The lowest BCUT2D eigenvalue weighted by Gasteiger charge is -2.12. The molecule has 0 amide bonds. The smallest absolute Gasteiger partial charge is 0.235 e. The Balaban J connectivity index is 1.16. The fourth-order valence-electron chi connectivity index (χ4n) is 7.45. The zero-order valence-electron chi connectivity index (χ0n) is 26.6. The van der Waals surface area contributed by atoms with E-state index in [1.165, 1.54) is 54.6 Å². The molecular formula is C46H29N3. The lowest BCUT2D eigenvalue weighted by atomic mass is 9.98. The third-order valence-corrected chi connectivity index (χ3v) is 9.82. The van der Waals surface area contributed by atoms with E-state index < -0.39 is 0 Å². The average molecular weight is 624 g/mol. The third kappa shape index (κ3) is 4.44. The summed E-state index contributed by atoms with van der Waals surface area (Å²) in [5.41, 5.74) is 9.88. The number of hydrogen-bond acceptors (Lipinski definition) is 2. The Labute approximate surface area is 283 Å². The molecule has 0 aliphatic heterocycles. The molecule has 0 saturated carbocycles. The molecule has 10 aromatic rings. The number of hydrogen-bond donors (Lipinski definition) is 0. The van der Waals surface area contributed by atoms with Gasteiger partial charge in [-0.15, -0.1) is 0 Å². The number of benzene rings is 8. The van der Waals surface area contributed by atoms with Crippen LogP contribution >= 0.6 is 0 Å². The zero-order valence-corrected chi connectivity index (χ0v) is 26.6. The molecule has 2 aromatic heterocycles. The van der Waals surface area contributed by atoms with Crippen LogP contribution in [0, 0.1) is 0 Å². The monoisotopic (exact) mass is 623 g/mol. The molecule has 0 N–H and O–H groups in total. The first-order valence-corrected chi connectivity index (χ1v) is 16.7. The van der Waals surface area contributed by atoms with Crippen LogP contribution in [0.1, 0.15) is 0 Å². The van der Waals surface area contributed by atoms with Crippen LogP contribution in [0.15, 0.2) is 176 Å². The summed E-state index contributed by atoms with van der Waals surface area (Å²) in [6, 6.07) is 62.6. The number of fused-ring (bicyclic) bond motifs is 8. The largest absolute Gasteiger partial charge is 0.278 e. The topological polar surface area (TPSA) is 30.7 Å². The van der Waals surface area contributed by atoms with Gasteiger partial charge in [0, 0.05) is 21.7 Å². The first kappa shape index (κ1) is 27.5. The van der Waals surface area contributed by atoms with Gasteiger partial charge >= 0.3 is 0 Å². The highest BCUT2D eigenvalue weighted by molar-refractivity contribution is 6.28. The maximum Gasteiger partial charge on any atom is 0.235 e. The summed E-state index contributed by atoms with van der Waals surface area (Å²) in [7, 11) is 0. The van der Waals surface area contributed by atoms with Gasteiger partial charge in [-0.05, 0) is 62.0 Å². The molecule has 0 aliphatic rings. The van der Waals surface area contributed by atoms with E-state index in [0.29, 0.717) is 5.95 Å². The van der Waals surface area contributed by atoms with Gasteiger partial charge in [0.05, 0.1) is 22.2 Å². The van der Waals surface area contributed by atoms with Crippen LogP contribution in [0.3, 0.4) is 0 Å². The molecule has 49 heavy (non-hydrogen) atoms. The van der Waals surface area contributed by atoms with Gasteiger partial charge in [0.25, 0.3) is 0 Å². The molecule has 0 aliphatic carbocycles. The molecule has 0 unspecified atom stereocenters. The van der Waals surface area contributed by atoms with Gasteiger partial charge in [-0.1, -0.05) is 158 Å². The Morgan fingerprint density at radius 3 is 1.35 bits per heavy atom. The van der Waals surface area contributed by atoms with Gasteiger partial charge in [-0.25, -0.2) is 9.97 Å². The van der Waals surface area contributed by atoms with Crippen LogP contribution in [-0.2, 0) is 0 Å². The lowest BCUT2D eigenvalue weighted by molar-refractivity contribution is 1.01. The predicted molar refractivity (Wildman–Crippen MR) is 205 cm³/mol. The molecule has 10 rings (SSSR count). The summed E-state index contributed by atoms with van der Waals surface area (Å²) in [6.07, 6.45) is 0.